The van der Waals surface area contributed by atoms with Crippen LogP contribution in [0.2, 0.25) is 0 Å². The van der Waals surface area contributed by atoms with Gasteiger partial charge in [0.25, 0.3) is 5.91 Å². The zero-order valence-corrected chi connectivity index (χ0v) is 15.4. The zero-order chi connectivity index (χ0) is 17.6. The maximum absolute atomic E-state index is 12.8. The predicted octanol–water partition coefficient (Wildman–Crippen LogP) is 4.14. The van der Waals surface area contributed by atoms with Crippen LogP contribution >= 0.6 is 11.8 Å². The summed E-state index contributed by atoms with van der Waals surface area (Å²) in [6.07, 6.45) is 0. The molecule has 25 heavy (non-hydrogen) atoms. The molecule has 4 nitrogen and oxygen atoms in total. The number of amides is 1. The summed E-state index contributed by atoms with van der Waals surface area (Å²) < 4.78 is 5.43. The molecule has 0 bridgehead atoms. The summed E-state index contributed by atoms with van der Waals surface area (Å²) in [7, 11) is 0. The van der Waals surface area contributed by atoms with Crippen LogP contribution in [0.25, 0.3) is 0 Å². The molecule has 3 rings (SSSR count). The van der Waals surface area contributed by atoms with Crippen molar-refractivity contribution in [1.29, 1.82) is 0 Å². The van der Waals surface area contributed by atoms with Gasteiger partial charge in [0.2, 0.25) is 0 Å². The van der Waals surface area contributed by atoms with E-state index in [9.17, 15) is 4.79 Å². The SMILES string of the molecule is CCOc1ccc(C(=O)N2CCN=C2SCc2ccccc2C)cc1. The number of rotatable bonds is 5. The van der Waals surface area contributed by atoms with E-state index >= 15 is 0 Å². The van der Waals surface area contributed by atoms with Gasteiger partial charge in [-0.1, -0.05) is 36.0 Å². The quantitative estimate of drug-likeness (QED) is 0.810. The Hall–Kier alpha value is -2.27. The van der Waals surface area contributed by atoms with Crippen LogP contribution in [0.3, 0.4) is 0 Å². The Morgan fingerprint density at radius 1 is 1.20 bits per heavy atom. The van der Waals surface area contributed by atoms with Crippen molar-refractivity contribution in [3.63, 3.8) is 0 Å². The van der Waals surface area contributed by atoms with Crippen LogP contribution in [-0.4, -0.2) is 35.7 Å². The van der Waals surface area contributed by atoms with Crippen LogP contribution in [0.5, 0.6) is 5.75 Å². The zero-order valence-electron chi connectivity index (χ0n) is 14.6. The van der Waals surface area contributed by atoms with Gasteiger partial charge in [-0.3, -0.25) is 14.7 Å². The minimum atomic E-state index is -0.00316. The molecule has 0 N–H and O–H groups in total. The van der Waals surface area contributed by atoms with Crippen LogP contribution in [0.15, 0.2) is 53.5 Å². The van der Waals surface area contributed by atoms with Gasteiger partial charge in [-0.15, -0.1) is 0 Å². The minimum Gasteiger partial charge on any atom is -0.494 e. The van der Waals surface area contributed by atoms with Gasteiger partial charge in [0.15, 0.2) is 5.17 Å². The van der Waals surface area contributed by atoms with Crippen molar-refractivity contribution in [2.75, 3.05) is 19.7 Å². The minimum absolute atomic E-state index is 0.00316. The van der Waals surface area contributed by atoms with Crippen molar-refractivity contribution in [2.24, 2.45) is 4.99 Å². The Kier molecular flexibility index (Phi) is 5.76. The number of nitrogens with zero attached hydrogens (tertiary/aromatic N) is 2. The molecule has 2 aromatic rings. The topological polar surface area (TPSA) is 41.9 Å². The molecule has 5 heteroatoms. The van der Waals surface area contributed by atoms with Gasteiger partial charge in [-0.25, -0.2) is 0 Å². The molecular weight excluding hydrogens is 332 g/mol. The molecule has 1 aliphatic heterocycles. The monoisotopic (exact) mass is 354 g/mol. The van der Waals surface area contributed by atoms with E-state index in [1.54, 1.807) is 16.7 Å². The second-order valence-electron chi connectivity index (χ2n) is 5.79. The standard InChI is InChI=1S/C20H22N2O2S/c1-3-24-18-10-8-16(9-11-18)19(23)22-13-12-21-20(22)25-14-17-7-5-4-6-15(17)2/h4-11H,3,12-14H2,1-2H3. The predicted molar refractivity (Wildman–Crippen MR) is 103 cm³/mol. The lowest BCUT2D eigenvalue weighted by atomic mass is 10.1. The van der Waals surface area contributed by atoms with Crippen LogP contribution in [0.4, 0.5) is 0 Å². The summed E-state index contributed by atoms with van der Waals surface area (Å²) >= 11 is 1.62. The van der Waals surface area contributed by atoms with Crippen LogP contribution in [0.1, 0.15) is 28.4 Å². The Morgan fingerprint density at radius 3 is 2.68 bits per heavy atom. The molecule has 0 aromatic heterocycles. The van der Waals surface area contributed by atoms with Crippen LogP contribution < -0.4 is 4.74 Å². The number of aliphatic imine (C=N–C) groups is 1. The lowest BCUT2D eigenvalue weighted by Crippen LogP contribution is -2.32. The summed E-state index contributed by atoms with van der Waals surface area (Å²) in [5.74, 6) is 1.60. The third-order valence-corrected chi connectivity index (χ3v) is 5.14. The molecule has 0 aliphatic carbocycles. The van der Waals surface area contributed by atoms with E-state index in [-0.39, 0.29) is 5.91 Å². The van der Waals surface area contributed by atoms with Gasteiger partial charge in [0.1, 0.15) is 5.75 Å². The maximum Gasteiger partial charge on any atom is 0.259 e. The molecule has 1 amide bonds. The van der Waals surface area contributed by atoms with Gasteiger partial charge in [0.05, 0.1) is 13.2 Å². The smallest absolute Gasteiger partial charge is 0.259 e. The number of carbonyl (C=O) groups excluding carboxylic acids is 1. The third kappa shape index (κ3) is 4.23. The van der Waals surface area contributed by atoms with Crippen LogP contribution in [-0.2, 0) is 5.75 Å². The normalized spacial score (nSPS) is 13.7. The molecule has 0 saturated heterocycles. The highest BCUT2D eigenvalue weighted by atomic mass is 32.2. The second-order valence-corrected chi connectivity index (χ2v) is 6.74. The van der Waals surface area contributed by atoms with Crippen molar-refractivity contribution in [1.82, 2.24) is 4.90 Å². The molecule has 0 saturated carbocycles. The van der Waals surface area contributed by atoms with E-state index in [4.69, 9.17) is 4.74 Å². The van der Waals surface area contributed by atoms with E-state index in [0.29, 0.717) is 25.3 Å². The molecular formula is C20H22N2O2S. The average molecular weight is 354 g/mol. The lowest BCUT2D eigenvalue weighted by molar-refractivity contribution is 0.0860. The number of ether oxygens (including phenoxy) is 1. The van der Waals surface area contributed by atoms with E-state index < -0.39 is 0 Å². The summed E-state index contributed by atoms with van der Waals surface area (Å²) in [5.41, 5.74) is 3.20. The number of carbonyl (C=O) groups is 1. The molecule has 1 aliphatic rings. The van der Waals surface area contributed by atoms with Crippen molar-refractivity contribution in [2.45, 2.75) is 19.6 Å². The van der Waals surface area contributed by atoms with Crippen molar-refractivity contribution in [3.8, 4) is 5.75 Å². The Bertz CT molecular complexity index is 772. The number of amidine groups is 1. The number of thioether (sulfide) groups is 1. The van der Waals surface area contributed by atoms with Gasteiger partial charge < -0.3 is 4.74 Å². The van der Waals surface area contributed by atoms with Crippen LogP contribution in [0, 0.1) is 6.92 Å². The third-order valence-electron chi connectivity index (χ3n) is 4.08. The Morgan fingerprint density at radius 2 is 1.96 bits per heavy atom. The summed E-state index contributed by atoms with van der Waals surface area (Å²) in [4.78, 5) is 19.1. The summed E-state index contributed by atoms with van der Waals surface area (Å²) in [6, 6.07) is 15.6. The highest BCUT2D eigenvalue weighted by Crippen LogP contribution is 2.23. The van der Waals surface area contributed by atoms with E-state index in [1.807, 2.05) is 43.3 Å². The van der Waals surface area contributed by atoms with Crippen molar-refractivity contribution < 1.29 is 9.53 Å². The van der Waals surface area contributed by atoms with E-state index in [1.165, 1.54) is 11.1 Å². The van der Waals surface area contributed by atoms with Gasteiger partial charge in [-0.05, 0) is 49.2 Å². The number of aryl methyl sites for hydroxylation is 1. The van der Waals surface area contributed by atoms with Crippen molar-refractivity contribution >= 4 is 22.8 Å². The molecule has 130 valence electrons. The number of hydrogen-bond donors (Lipinski definition) is 0. The molecule has 0 fully saturated rings. The Labute approximate surface area is 152 Å². The first-order chi connectivity index (χ1) is 12.2. The average Bonchev–Trinajstić information content (AvgIpc) is 3.10. The highest BCUT2D eigenvalue weighted by Gasteiger charge is 2.25. The first kappa shape index (κ1) is 17.5. The Balaban J connectivity index is 1.66. The van der Waals surface area contributed by atoms with Crippen molar-refractivity contribution in [3.05, 3.63) is 65.2 Å². The molecule has 1 heterocycles. The molecule has 0 spiro atoms. The van der Waals surface area contributed by atoms with Gasteiger partial charge in [-0.2, -0.15) is 0 Å². The van der Waals surface area contributed by atoms with E-state index in [2.05, 4.69) is 24.0 Å². The van der Waals surface area contributed by atoms with Gasteiger partial charge >= 0.3 is 0 Å². The molecule has 2 aromatic carbocycles. The summed E-state index contributed by atoms with van der Waals surface area (Å²) in [5, 5.41) is 0.808. The van der Waals surface area contributed by atoms with Gasteiger partial charge in [0, 0.05) is 17.9 Å². The fourth-order valence-electron chi connectivity index (χ4n) is 2.67. The first-order valence-corrected chi connectivity index (χ1v) is 9.44. The molecule has 0 unspecified atom stereocenters. The largest absolute Gasteiger partial charge is 0.494 e. The number of benzene rings is 2. The maximum atomic E-state index is 12.8. The van der Waals surface area contributed by atoms with E-state index in [0.717, 1.165) is 16.7 Å². The fraction of sp³-hybridized carbons (Fsp3) is 0.300. The number of hydrogen-bond acceptors (Lipinski definition) is 4. The first-order valence-electron chi connectivity index (χ1n) is 8.45. The molecule has 0 atom stereocenters. The summed E-state index contributed by atoms with van der Waals surface area (Å²) in [6.45, 7) is 5.97. The lowest BCUT2D eigenvalue weighted by Gasteiger charge is -2.18. The molecule has 0 radical (unpaired) electrons. The highest BCUT2D eigenvalue weighted by molar-refractivity contribution is 8.13. The second kappa shape index (κ2) is 8.21. The fourth-order valence-corrected chi connectivity index (χ4v) is 3.79.